The Bertz CT molecular complexity index is 829. The molecule has 1 amide bonds. The van der Waals surface area contributed by atoms with Gasteiger partial charge in [0.15, 0.2) is 0 Å². The molecule has 0 spiro atoms. The largest absolute Gasteiger partial charge is 0.369 e. The third kappa shape index (κ3) is 2.95. The van der Waals surface area contributed by atoms with Gasteiger partial charge in [0.1, 0.15) is 17.5 Å². The van der Waals surface area contributed by atoms with Crippen molar-refractivity contribution in [3.8, 4) is 0 Å². The van der Waals surface area contributed by atoms with Crippen LogP contribution < -0.4 is 5.32 Å². The number of imidazole rings is 1. The van der Waals surface area contributed by atoms with Crippen LogP contribution in [0.15, 0.2) is 12.4 Å². The van der Waals surface area contributed by atoms with Crippen LogP contribution >= 0.6 is 0 Å². The normalized spacial score (nSPS) is 22.6. The van der Waals surface area contributed by atoms with Crippen molar-refractivity contribution in [1.82, 2.24) is 24.4 Å². The number of likely N-dealkylation sites (tertiary alicyclic amines) is 1. The molecule has 1 aliphatic heterocycles. The van der Waals surface area contributed by atoms with E-state index in [4.69, 9.17) is 0 Å². The highest BCUT2D eigenvalue weighted by atomic mass is 16.2. The van der Waals surface area contributed by atoms with Crippen LogP contribution in [-0.4, -0.2) is 43.9 Å². The van der Waals surface area contributed by atoms with Crippen LogP contribution in [0.1, 0.15) is 48.2 Å². The van der Waals surface area contributed by atoms with Gasteiger partial charge in [-0.15, -0.1) is 0 Å². The topological polar surface area (TPSA) is 75.9 Å². The summed E-state index contributed by atoms with van der Waals surface area (Å²) >= 11 is 0. The maximum absolute atomic E-state index is 12.3. The Morgan fingerprint density at radius 3 is 2.81 bits per heavy atom. The molecule has 0 radical (unpaired) electrons. The minimum absolute atomic E-state index is 0.00578. The van der Waals surface area contributed by atoms with Crippen molar-refractivity contribution < 1.29 is 4.79 Å². The van der Waals surface area contributed by atoms with Crippen molar-refractivity contribution >= 4 is 11.7 Å². The minimum atomic E-state index is -0.00578. The molecule has 1 saturated heterocycles. The average molecular weight is 354 g/mol. The number of amides is 1. The second kappa shape index (κ2) is 6.70. The second-order valence-electron chi connectivity index (χ2n) is 7.44. The summed E-state index contributed by atoms with van der Waals surface area (Å²) in [5, 5.41) is 3.54. The fourth-order valence-electron chi connectivity index (χ4n) is 4.27. The highest BCUT2D eigenvalue weighted by Gasteiger charge is 2.40. The van der Waals surface area contributed by atoms with Gasteiger partial charge in [-0.2, -0.15) is 0 Å². The Morgan fingerprint density at radius 2 is 2.04 bits per heavy atom. The monoisotopic (exact) mass is 354 g/mol. The van der Waals surface area contributed by atoms with E-state index in [1.54, 1.807) is 6.20 Å². The van der Waals surface area contributed by atoms with E-state index in [9.17, 15) is 4.79 Å². The molecule has 138 valence electrons. The van der Waals surface area contributed by atoms with Crippen molar-refractivity contribution in [2.24, 2.45) is 13.0 Å². The molecule has 4 rings (SSSR count). The van der Waals surface area contributed by atoms with Crippen molar-refractivity contribution in [3.05, 3.63) is 35.3 Å². The lowest BCUT2D eigenvalue weighted by atomic mass is 9.95. The molecule has 3 heterocycles. The molecule has 0 saturated carbocycles. The molecule has 2 aromatic heterocycles. The predicted molar refractivity (Wildman–Crippen MR) is 98.7 cm³/mol. The zero-order chi connectivity index (χ0) is 18.3. The smallest absolute Gasteiger partial charge is 0.223 e. The van der Waals surface area contributed by atoms with Crippen molar-refractivity contribution in [2.45, 2.75) is 45.1 Å². The highest BCUT2D eigenvalue weighted by Crippen LogP contribution is 2.36. The van der Waals surface area contributed by atoms with Crippen LogP contribution in [0, 0.1) is 12.8 Å². The molecule has 0 aromatic carbocycles. The van der Waals surface area contributed by atoms with E-state index in [2.05, 4.69) is 20.3 Å². The van der Waals surface area contributed by atoms with Crippen LogP contribution in [0.4, 0.5) is 5.82 Å². The number of carbonyl (C=O) groups excluding carboxylic acids is 1. The van der Waals surface area contributed by atoms with E-state index in [1.165, 1.54) is 24.1 Å². The van der Waals surface area contributed by atoms with Gasteiger partial charge in [-0.3, -0.25) is 4.79 Å². The molecule has 0 unspecified atom stereocenters. The quantitative estimate of drug-likeness (QED) is 0.909. The fraction of sp³-hybridized carbons (Fsp3) is 0.579. The minimum Gasteiger partial charge on any atom is -0.369 e. The molecule has 2 aromatic rings. The Morgan fingerprint density at radius 1 is 1.23 bits per heavy atom. The predicted octanol–water partition coefficient (Wildman–Crippen LogP) is 2.03. The van der Waals surface area contributed by atoms with Crippen LogP contribution in [0.3, 0.4) is 0 Å². The summed E-state index contributed by atoms with van der Waals surface area (Å²) in [7, 11) is 3.85. The zero-order valence-electron chi connectivity index (χ0n) is 15.7. The Balaban J connectivity index is 1.57. The van der Waals surface area contributed by atoms with E-state index in [0.717, 1.165) is 30.3 Å². The number of aryl methyl sites for hydroxylation is 3. The lowest BCUT2D eigenvalue weighted by Crippen LogP contribution is -2.29. The Kier molecular flexibility index (Phi) is 4.38. The summed E-state index contributed by atoms with van der Waals surface area (Å²) in [6.45, 7) is 2.65. The summed E-state index contributed by atoms with van der Waals surface area (Å²) in [6.07, 6.45) is 8.72. The van der Waals surface area contributed by atoms with Crippen LogP contribution in [0.25, 0.3) is 0 Å². The number of hydrogen-bond acceptors (Lipinski definition) is 5. The third-order valence-electron chi connectivity index (χ3n) is 5.64. The van der Waals surface area contributed by atoms with Crippen LogP contribution in [-0.2, 0) is 24.7 Å². The Hall–Kier alpha value is -2.44. The van der Waals surface area contributed by atoms with Gasteiger partial charge in [0.05, 0.1) is 6.04 Å². The summed E-state index contributed by atoms with van der Waals surface area (Å²) in [4.78, 5) is 27.9. The third-order valence-corrected chi connectivity index (χ3v) is 5.64. The van der Waals surface area contributed by atoms with E-state index >= 15 is 0 Å². The first-order valence-electron chi connectivity index (χ1n) is 9.37. The van der Waals surface area contributed by atoms with E-state index in [0.29, 0.717) is 13.0 Å². The maximum Gasteiger partial charge on any atom is 0.223 e. The van der Waals surface area contributed by atoms with E-state index in [1.807, 2.05) is 36.7 Å². The molecule has 2 atom stereocenters. The lowest BCUT2D eigenvalue weighted by Gasteiger charge is -2.26. The molecule has 0 bridgehead atoms. The van der Waals surface area contributed by atoms with Crippen molar-refractivity contribution in [2.75, 3.05) is 18.9 Å². The van der Waals surface area contributed by atoms with Crippen molar-refractivity contribution in [1.29, 1.82) is 0 Å². The van der Waals surface area contributed by atoms with Crippen LogP contribution in [0.5, 0.6) is 0 Å². The molecule has 2 aliphatic rings. The van der Waals surface area contributed by atoms with Gasteiger partial charge in [0, 0.05) is 56.6 Å². The fourth-order valence-corrected chi connectivity index (χ4v) is 4.27. The zero-order valence-corrected chi connectivity index (χ0v) is 15.7. The molecular weight excluding hydrogens is 328 g/mol. The SMILES string of the molecule is Cc1nc2c(c(NC[C@@H]3CC(=O)N(C)[C@H]3c3nccn3C)n1)CCCC2. The van der Waals surface area contributed by atoms with Gasteiger partial charge >= 0.3 is 0 Å². The standard InChI is InChI=1S/C19H26N6O/c1-12-22-15-7-5-4-6-14(15)18(23-12)21-11-13-10-16(26)25(3)17(13)19-20-8-9-24(19)2/h8-9,13,17H,4-7,10-11H2,1-3H3,(H,21,22,23)/t13-,17+/m0/s1. The number of nitrogens with zero attached hydrogens (tertiary/aromatic N) is 5. The van der Waals surface area contributed by atoms with E-state index in [-0.39, 0.29) is 17.9 Å². The van der Waals surface area contributed by atoms with Gasteiger partial charge in [-0.1, -0.05) is 0 Å². The summed E-state index contributed by atoms with van der Waals surface area (Å²) in [5.41, 5.74) is 2.44. The number of anilines is 1. The van der Waals surface area contributed by atoms with Crippen molar-refractivity contribution in [3.63, 3.8) is 0 Å². The lowest BCUT2D eigenvalue weighted by molar-refractivity contribution is -0.127. The van der Waals surface area contributed by atoms with E-state index < -0.39 is 0 Å². The van der Waals surface area contributed by atoms with Gasteiger partial charge < -0.3 is 14.8 Å². The van der Waals surface area contributed by atoms with Gasteiger partial charge in [0.25, 0.3) is 0 Å². The number of aromatic nitrogens is 4. The van der Waals surface area contributed by atoms with Crippen LogP contribution in [0.2, 0.25) is 0 Å². The molecule has 7 nitrogen and oxygen atoms in total. The molecule has 1 fully saturated rings. The Labute approximate surface area is 153 Å². The first kappa shape index (κ1) is 17.0. The molecule has 26 heavy (non-hydrogen) atoms. The number of fused-ring (bicyclic) bond motifs is 1. The van der Waals surface area contributed by atoms with Gasteiger partial charge in [0.2, 0.25) is 5.91 Å². The number of hydrogen-bond donors (Lipinski definition) is 1. The molecular formula is C19H26N6O. The first-order chi connectivity index (χ1) is 12.5. The summed E-state index contributed by atoms with van der Waals surface area (Å²) < 4.78 is 2.00. The average Bonchev–Trinajstić information content (AvgIpc) is 3.15. The number of nitrogens with one attached hydrogen (secondary N) is 1. The number of rotatable bonds is 4. The maximum atomic E-state index is 12.3. The second-order valence-corrected chi connectivity index (χ2v) is 7.44. The summed E-state index contributed by atoms with van der Waals surface area (Å²) in [5.74, 6) is 3.04. The molecule has 1 aliphatic carbocycles. The highest BCUT2D eigenvalue weighted by molar-refractivity contribution is 5.79. The first-order valence-corrected chi connectivity index (χ1v) is 9.37. The molecule has 1 N–H and O–H groups in total. The van der Waals surface area contributed by atoms with Gasteiger partial charge in [-0.25, -0.2) is 15.0 Å². The number of carbonyl (C=O) groups is 1. The summed E-state index contributed by atoms with van der Waals surface area (Å²) in [6, 6.07) is -0.00578. The molecule has 7 heteroatoms. The van der Waals surface area contributed by atoms with Gasteiger partial charge in [-0.05, 0) is 32.6 Å².